The standard InChI is InChI=1S/C24H27F3IN3O2/c1-2-14-4-3-5-19(14)29-11-24(33)12-31(13-24)23(32)16-7-8-17(25)21(27)22(16)30-20-9-6-15(28)10-18(20)26/h6-10,14,19,29-30,33H,2-5,11-13H2,1H3/t14-,19?/m0/s1. The van der Waals surface area contributed by atoms with Gasteiger partial charge in [0.2, 0.25) is 0 Å². The van der Waals surface area contributed by atoms with E-state index in [1.165, 1.54) is 35.9 Å². The zero-order chi connectivity index (χ0) is 23.8. The quantitative estimate of drug-likeness (QED) is 0.417. The van der Waals surface area contributed by atoms with Crippen LogP contribution in [0.3, 0.4) is 0 Å². The second-order valence-electron chi connectivity index (χ2n) is 9.01. The molecule has 1 unspecified atom stereocenters. The third-order valence-electron chi connectivity index (χ3n) is 6.65. The van der Waals surface area contributed by atoms with Crippen molar-refractivity contribution in [2.75, 3.05) is 25.0 Å². The molecule has 33 heavy (non-hydrogen) atoms. The number of likely N-dealkylation sites (tertiary alicyclic amines) is 1. The first kappa shape index (κ1) is 24.3. The lowest BCUT2D eigenvalue weighted by Crippen LogP contribution is -2.68. The molecule has 178 valence electrons. The zero-order valence-corrected chi connectivity index (χ0v) is 20.5. The van der Waals surface area contributed by atoms with Gasteiger partial charge in [0.15, 0.2) is 11.6 Å². The van der Waals surface area contributed by atoms with Crippen molar-refractivity contribution in [2.24, 2.45) is 5.92 Å². The number of anilines is 2. The third-order valence-corrected chi connectivity index (χ3v) is 7.32. The number of nitrogens with zero attached hydrogens (tertiary/aromatic N) is 1. The molecule has 1 aliphatic heterocycles. The van der Waals surface area contributed by atoms with Crippen LogP contribution in [0.4, 0.5) is 24.5 Å². The molecule has 2 aromatic rings. The molecule has 0 radical (unpaired) electrons. The highest BCUT2D eigenvalue weighted by molar-refractivity contribution is 14.1. The maximum absolute atomic E-state index is 14.6. The van der Waals surface area contributed by atoms with Gasteiger partial charge in [0, 0.05) is 16.2 Å². The number of carbonyl (C=O) groups is 1. The second kappa shape index (κ2) is 9.79. The van der Waals surface area contributed by atoms with Crippen LogP contribution >= 0.6 is 22.6 Å². The van der Waals surface area contributed by atoms with Crippen LogP contribution in [-0.4, -0.2) is 47.2 Å². The van der Waals surface area contributed by atoms with Crippen molar-refractivity contribution < 1.29 is 23.1 Å². The first-order valence-corrected chi connectivity index (χ1v) is 12.2. The van der Waals surface area contributed by atoms with Gasteiger partial charge in [-0.05, 0) is 71.7 Å². The molecule has 5 nitrogen and oxygen atoms in total. The number of aliphatic hydroxyl groups is 1. The van der Waals surface area contributed by atoms with Crippen LogP contribution < -0.4 is 10.6 Å². The fraction of sp³-hybridized carbons (Fsp3) is 0.458. The maximum Gasteiger partial charge on any atom is 0.256 e. The highest BCUT2D eigenvalue weighted by atomic mass is 127. The van der Waals surface area contributed by atoms with Crippen LogP contribution in [0, 0.1) is 26.9 Å². The van der Waals surface area contributed by atoms with Gasteiger partial charge in [-0.1, -0.05) is 19.8 Å². The summed E-state index contributed by atoms with van der Waals surface area (Å²) in [5, 5.41) is 16.8. The summed E-state index contributed by atoms with van der Waals surface area (Å²) in [5.74, 6) is -3.01. The second-order valence-corrected chi connectivity index (χ2v) is 10.3. The Morgan fingerprint density at radius 2 is 1.94 bits per heavy atom. The Morgan fingerprint density at radius 3 is 2.64 bits per heavy atom. The Kier molecular flexibility index (Phi) is 7.20. The summed E-state index contributed by atoms with van der Waals surface area (Å²) < 4.78 is 43.5. The predicted molar refractivity (Wildman–Crippen MR) is 129 cm³/mol. The highest BCUT2D eigenvalue weighted by Crippen LogP contribution is 2.33. The van der Waals surface area contributed by atoms with E-state index >= 15 is 0 Å². The van der Waals surface area contributed by atoms with Crippen molar-refractivity contribution in [1.82, 2.24) is 10.2 Å². The largest absolute Gasteiger partial charge is 0.385 e. The summed E-state index contributed by atoms with van der Waals surface area (Å²) in [6.45, 7) is 2.70. The average Bonchev–Trinajstić information content (AvgIpc) is 3.22. The number of nitrogens with one attached hydrogen (secondary N) is 2. The van der Waals surface area contributed by atoms with Crippen molar-refractivity contribution >= 4 is 39.9 Å². The van der Waals surface area contributed by atoms with Crippen molar-refractivity contribution in [3.8, 4) is 0 Å². The summed E-state index contributed by atoms with van der Waals surface area (Å²) >= 11 is 1.94. The van der Waals surface area contributed by atoms with Crippen LogP contribution in [-0.2, 0) is 0 Å². The van der Waals surface area contributed by atoms with Gasteiger partial charge in [0.1, 0.15) is 11.4 Å². The van der Waals surface area contributed by atoms with E-state index < -0.39 is 34.6 Å². The Balaban J connectivity index is 1.46. The Hall–Kier alpha value is -1.85. The molecule has 9 heteroatoms. The van der Waals surface area contributed by atoms with Crippen LogP contribution in [0.1, 0.15) is 43.0 Å². The van der Waals surface area contributed by atoms with E-state index in [4.69, 9.17) is 0 Å². The van der Waals surface area contributed by atoms with E-state index in [0.29, 0.717) is 22.1 Å². The smallest absolute Gasteiger partial charge is 0.256 e. The zero-order valence-electron chi connectivity index (χ0n) is 18.3. The van der Waals surface area contributed by atoms with Crippen molar-refractivity contribution in [3.05, 3.63) is 56.9 Å². The van der Waals surface area contributed by atoms with Crippen LogP contribution in [0.2, 0.25) is 0 Å². The highest BCUT2D eigenvalue weighted by Gasteiger charge is 2.45. The molecular weight excluding hydrogens is 546 g/mol. The Bertz CT molecular complexity index is 1050. The molecule has 1 amide bonds. The fourth-order valence-corrected chi connectivity index (χ4v) is 5.24. The number of benzene rings is 2. The van der Waals surface area contributed by atoms with Gasteiger partial charge < -0.3 is 20.6 Å². The molecule has 2 aliphatic rings. The van der Waals surface area contributed by atoms with E-state index in [2.05, 4.69) is 17.6 Å². The lowest BCUT2D eigenvalue weighted by atomic mass is 9.91. The van der Waals surface area contributed by atoms with Crippen molar-refractivity contribution in [2.45, 2.75) is 44.2 Å². The summed E-state index contributed by atoms with van der Waals surface area (Å²) in [6.07, 6.45) is 4.53. The van der Waals surface area contributed by atoms with Gasteiger partial charge in [-0.25, -0.2) is 13.2 Å². The molecule has 1 aliphatic carbocycles. The van der Waals surface area contributed by atoms with Crippen molar-refractivity contribution in [3.63, 3.8) is 0 Å². The minimum atomic E-state index is -1.26. The minimum absolute atomic E-state index is 0.0691. The van der Waals surface area contributed by atoms with E-state index in [-0.39, 0.29) is 24.3 Å². The summed E-state index contributed by atoms with van der Waals surface area (Å²) in [5.41, 5.74) is -1.68. The first-order valence-electron chi connectivity index (χ1n) is 11.2. The molecular formula is C24H27F3IN3O2. The topological polar surface area (TPSA) is 64.6 Å². The van der Waals surface area contributed by atoms with E-state index in [1.54, 1.807) is 6.07 Å². The molecule has 0 bridgehead atoms. The molecule has 3 N–H and O–H groups in total. The number of carbonyl (C=O) groups excluding carboxylic acids is 1. The molecule has 1 heterocycles. The SMILES string of the molecule is CC[C@H]1CCCC1NCC1(O)CN(C(=O)c2ccc(F)c(F)c2Nc2ccc(I)cc2F)C1. The van der Waals surface area contributed by atoms with Crippen LogP contribution in [0.15, 0.2) is 30.3 Å². The monoisotopic (exact) mass is 573 g/mol. The van der Waals surface area contributed by atoms with Gasteiger partial charge >= 0.3 is 0 Å². The fourth-order valence-electron chi connectivity index (χ4n) is 4.78. The summed E-state index contributed by atoms with van der Waals surface area (Å²) in [4.78, 5) is 14.4. The normalized spacial score (nSPS) is 21.7. The number of halogens is 4. The maximum atomic E-state index is 14.6. The lowest BCUT2D eigenvalue weighted by molar-refractivity contribution is -0.0802. The molecule has 1 saturated carbocycles. The molecule has 1 saturated heterocycles. The van der Waals surface area contributed by atoms with E-state index in [1.807, 2.05) is 22.6 Å². The lowest BCUT2D eigenvalue weighted by Gasteiger charge is -2.47. The van der Waals surface area contributed by atoms with E-state index in [0.717, 1.165) is 18.9 Å². The number of hydrogen-bond acceptors (Lipinski definition) is 4. The Labute approximate surface area is 204 Å². The summed E-state index contributed by atoms with van der Waals surface area (Å²) in [7, 11) is 0. The van der Waals surface area contributed by atoms with Gasteiger partial charge in [0.05, 0.1) is 30.0 Å². The number of β-amino-alcohol motifs (C(OH)–C–C–N with tert-alkyl or cyclic N) is 1. The molecule has 0 aromatic heterocycles. The van der Waals surface area contributed by atoms with Gasteiger partial charge in [-0.2, -0.15) is 0 Å². The van der Waals surface area contributed by atoms with E-state index in [9.17, 15) is 23.1 Å². The average molecular weight is 573 g/mol. The molecule has 2 aromatic carbocycles. The van der Waals surface area contributed by atoms with Crippen LogP contribution in [0.25, 0.3) is 0 Å². The predicted octanol–water partition coefficient (Wildman–Crippen LogP) is 4.81. The van der Waals surface area contributed by atoms with Gasteiger partial charge in [-0.15, -0.1) is 0 Å². The molecule has 4 rings (SSSR count). The minimum Gasteiger partial charge on any atom is -0.385 e. The molecule has 2 fully saturated rings. The molecule has 2 atom stereocenters. The Morgan fingerprint density at radius 1 is 1.18 bits per heavy atom. The molecule has 0 spiro atoms. The first-order chi connectivity index (χ1) is 15.7. The number of hydrogen-bond donors (Lipinski definition) is 3. The van der Waals surface area contributed by atoms with Gasteiger partial charge in [-0.3, -0.25) is 4.79 Å². The number of amides is 1. The third kappa shape index (κ3) is 5.14. The summed E-state index contributed by atoms with van der Waals surface area (Å²) in [6, 6.07) is 6.67. The number of rotatable bonds is 7. The van der Waals surface area contributed by atoms with Crippen LogP contribution in [0.5, 0.6) is 0 Å². The van der Waals surface area contributed by atoms with Crippen molar-refractivity contribution in [1.29, 1.82) is 0 Å². The van der Waals surface area contributed by atoms with Gasteiger partial charge in [0.25, 0.3) is 5.91 Å².